The van der Waals surface area contributed by atoms with Crippen molar-refractivity contribution in [1.82, 2.24) is 0 Å². The highest BCUT2D eigenvalue weighted by atomic mass is 16.6. The van der Waals surface area contributed by atoms with Gasteiger partial charge in [0.25, 0.3) is 0 Å². The van der Waals surface area contributed by atoms with Crippen LogP contribution in [-0.2, 0) is 28.6 Å². The molecule has 0 amide bonds. The van der Waals surface area contributed by atoms with E-state index >= 15 is 0 Å². The summed E-state index contributed by atoms with van der Waals surface area (Å²) in [4.78, 5) is 38.1. The van der Waals surface area contributed by atoms with Crippen molar-refractivity contribution in [2.24, 2.45) is 0 Å². The molecule has 77 heavy (non-hydrogen) atoms. The topological polar surface area (TPSA) is 78.9 Å². The molecule has 1 atom stereocenters. The van der Waals surface area contributed by atoms with Crippen molar-refractivity contribution >= 4 is 17.9 Å². The minimum Gasteiger partial charge on any atom is -0.462 e. The summed E-state index contributed by atoms with van der Waals surface area (Å²) in [6.07, 6.45) is 90.4. The second-order valence-electron chi connectivity index (χ2n) is 20.6. The van der Waals surface area contributed by atoms with Crippen LogP contribution in [0.1, 0.15) is 278 Å². The molecular weight excluding hydrogens is 949 g/mol. The van der Waals surface area contributed by atoms with Gasteiger partial charge >= 0.3 is 17.9 Å². The number of unbranched alkanes of at least 4 members (excludes halogenated alkanes) is 23. The molecule has 0 heterocycles. The van der Waals surface area contributed by atoms with Crippen molar-refractivity contribution in [3.05, 3.63) is 134 Å². The van der Waals surface area contributed by atoms with Gasteiger partial charge < -0.3 is 14.2 Å². The van der Waals surface area contributed by atoms with Gasteiger partial charge in [0, 0.05) is 19.3 Å². The molecule has 1 unspecified atom stereocenters. The Hall–Kier alpha value is -4.45. The van der Waals surface area contributed by atoms with Gasteiger partial charge in [0.05, 0.1) is 0 Å². The molecule has 0 rings (SSSR count). The number of hydrogen-bond acceptors (Lipinski definition) is 6. The van der Waals surface area contributed by atoms with E-state index in [4.69, 9.17) is 14.2 Å². The van der Waals surface area contributed by atoms with Gasteiger partial charge in [-0.3, -0.25) is 14.4 Å². The summed E-state index contributed by atoms with van der Waals surface area (Å²) in [5.74, 6) is -0.928. The van der Waals surface area contributed by atoms with E-state index in [9.17, 15) is 14.4 Å². The first-order valence-electron chi connectivity index (χ1n) is 31.7. The lowest BCUT2D eigenvalue weighted by atomic mass is 10.1. The summed E-state index contributed by atoms with van der Waals surface area (Å²) >= 11 is 0. The smallest absolute Gasteiger partial charge is 0.306 e. The SMILES string of the molecule is CC/C=C\C/C=C\C/C=C\C/C=C\C/C=C\C/C=C\C/C=C\C/C=C\C/C=C\C/C=C\CCCCCCC(=O)OCC(COC(=O)CCCCCCCCCCC)OC(=O)CCCCCCC/C=C\CCCCCCCC. The van der Waals surface area contributed by atoms with Gasteiger partial charge in [-0.05, 0) is 122 Å². The second kappa shape index (κ2) is 64.1. The van der Waals surface area contributed by atoms with Crippen molar-refractivity contribution < 1.29 is 28.6 Å². The van der Waals surface area contributed by atoms with Crippen LogP contribution in [0.2, 0.25) is 0 Å². The van der Waals surface area contributed by atoms with E-state index < -0.39 is 6.10 Å². The van der Waals surface area contributed by atoms with Crippen molar-refractivity contribution in [2.45, 2.75) is 284 Å². The molecule has 0 N–H and O–H groups in total. The van der Waals surface area contributed by atoms with Crippen LogP contribution in [0, 0.1) is 0 Å². The molecule has 436 valence electrons. The Bertz CT molecular complexity index is 1650. The summed E-state index contributed by atoms with van der Waals surface area (Å²) in [5.41, 5.74) is 0. The fourth-order valence-electron chi connectivity index (χ4n) is 8.41. The molecule has 0 spiro atoms. The van der Waals surface area contributed by atoms with E-state index in [0.29, 0.717) is 19.3 Å². The van der Waals surface area contributed by atoms with Crippen LogP contribution < -0.4 is 0 Å². The molecule has 0 aromatic heterocycles. The quantitative estimate of drug-likeness (QED) is 0.0261. The Morgan fingerprint density at radius 3 is 0.805 bits per heavy atom. The molecule has 0 aromatic rings. The number of allylic oxidation sites excluding steroid dienone is 22. The largest absolute Gasteiger partial charge is 0.462 e. The van der Waals surface area contributed by atoms with Crippen LogP contribution in [0.4, 0.5) is 0 Å². The maximum atomic E-state index is 12.8. The highest BCUT2D eigenvalue weighted by Gasteiger charge is 2.19. The molecule has 0 aromatic carbocycles. The van der Waals surface area contributed by atoms with Crippen LogP contribution in [0.15, 0.2) is 134 Å². The Morgan fingerprint density at radius 2 is 0.506 bits per heavy atom. The number of esters is 3. The zero-order chi connectivity index (χ0) is 55.7. The van der Waals surface area contributed by atoms with Crippen LogP contribution in [0.5, 0.6) is 0 Å². The van der Waals surface area contributed by atoms with Gasteiger partial charge in [-0.1, -0.05) is 270 Å². The highest BCUT2D eigenvalue weighted by molar-refractivity contribution is 5.71. The van der Waals surface area contributed by atoms with Crippen LogP contribution in [0.3, 0.4) is 0 Å². The number of rotatable bonds is 56. The predicted octanol–water partition coefficient (Wildman–Crippen LogP) is 21.8. The maximum absolute atomic E-state index is 12.8. The van der Waals surface area contributed by atoms with E-state index in [2.05, 4.69) is 154 Å². The third-order valence-corrected chi connectivity index (χ3v) is 13.1. The van der Waals surface area contributed by atoms with Gasteiger partial charge in [0.1, 0.15) is 13.2 Å². The lowest BCUT2D eigenvalue weighted by Crippen LogP contribution is -2.30. The summed E-state index contributed by atoms with van der Waals surface area (Å²) < 4.78 is 16.8. The molecule has 0 aliphatic carbocycles. The van der Waals surface area contributed by atoms with E-state index in [1.807, 2.05) is 0 Å². The molecule has 6 heteroatoms. The highest BCUT2D eigenvalue weighted by Crippen LogP contribution is 2.14. The fraction of sp³-hybridized carbons (Fsp3) is 0.648. The molecule has 0 bridgehead atoms. The van der Waals surface area contributed by atoms with Crippen LogP contribution in [0.25, 0.3) is 0 Å². The first kappa shape index (κ1) is 72.5. The van der Waals surface area contributed by atoms with E-state index in [0.717, 1.165) is 148 Å². The molecule has 0 saturated carbocycles. The first-order valence-corrected chi connectivity index (χ1v) is 31.7. The normalized spacial score (nSPS) is 13.0. The van der Waals surface area contributed by atoms with Gasteiger partial charge in [0.2, 0.25) is 0 Å². The molecule has 0 saturated heterocycles. The van der Waals surface area contributed by atoms with Crippen molar-refractivity contribution in [3.8, 4) is 0 Å². The Kier molecular flexibility index (Phi) is 60.4. The van der Waals surface area contributed by atoms with Gasteiger partial charge in [-0.15, -0.1) is 0 Å². The summed E-state index contributed by atoms with van der Waals surface area (Å²) in [7, 11) is 0. The van der Waals surface area contributed by atoms with Gasteiger partial charge in [0.15, 0.2) is 6.10 Å². The number of hydrogen-bond donors (Lipinski definition) is 0. The third-order valence-electron chi connectivity index (χ3n) is 13.1. The van der Waals surface area contributed by atoms with E-state index in [1.54, 1.807) is 0 Å². The molecule has 0 aliphatic heterocycles. The van der Waals surface area contributed by atoms with E-state index in [-0.39, 0.29) is 31.1 Å². The van der Waals surface area contributed by atoms with E-state index in [1.165, 1.54) is 89.9 Å². The molecule has 0 fully saturated rings. The predicted molar refractivity (Wildman–Crippen MR) is 334 cm³/mol. The average molecular weight is 1070 g/mol. The minimum atomic E-state index is -0.794. The number of ether oxygens (including phenoxy) is 3. The monoisotopic (exact) mass is 1060 g/mol. The summed E-state index contributed by atoms with van der Waals surface area (Å²) in [6, 6.07) is 0. The van der Waals surface area contributed by atoms with Crippen LogP contribution >= 0.6 is 0 Å². The number of carbonyl (C=O) groups excluding carboxylic acids is 3. The first-order chi connectivity index (χ1) is 38.0. The minimum absolute atomic E-state index is 0.0901. The molecular formula is C71H116O6. The van der Waals surface area contributed by atoms with Crippen molar-refractivity contribution in [3.63, 3.8) is 0 Å². The average Bonchev–Trinajstić information content (AvgIpc) is 3.43. The number of carbonyl (C=O) groups is 3. The lowest BCUT2D eigenvalue weighted by Gasteiger charge is -2.18. The van der Waals surface area contributed by atoms with Crippen molar-refractivity contribution in [1.29, 1.82) is 0 Å². The standard InChI is InChI=1S/C71H116O6/c1-4-7-10-13-16-19-21-23-25-26-27-28-29-30-31-32-33-34-35-36-37-38-39-40-41-42-43-44-46-47-49-52-55-58-61-64-70(73)76-67-68(66-75-69(72)63-60-57-54-51-18-15-12-9-6-3)77-71(74)65-62-59-56-53-50-48-45-24-22-20-17-14-11-8-5-2/h7,10,16,19,23-25,27-28,30-31,33-34,36-37,39-40,42-43,45-47,68H,4-6,8-9,11-15,17-18,20-22,26,29,32,35,38,41,44,48-67H2,1-3H3/b10-7-,19-16-,25-23-,28-27-,31-30-,34-33-,37-36-,40-39-,43-42-,45-24-,47-46-. The Balaban J connectivity index is 4.25. The lowest BCUT2D eigenvalue weighted by molar-refractivity contribution is -0.167. The van der Waals surface area contributed by atoms with Crippen molar-refractivity contribution in [2.75, 3.05) is 13.2 Å². The molecule has 0 aliphatic rings. The zero-order valence-electron chi connectivity index (χ0n) is 49.9. The zero-order valence-corrected chi connectivity index (χ0v) is 49.9. The Labute approximate surface area is 475 Å². The summed E-state index contributed by atoms with van der Waals surface area (Å²) in [5, 5.41) is 0. The maximum Gasteiger partial charge on any atom is 0.306 e. The van der Waals surface area contributed by atoms with Crippen LogP contribution in [-0.4, -0.2) is 37.2 Å². The molecule has 0 radical (unpaired) electrons. The Morgan fingerprint density at radius 1 is 0.273 bits per heavy atom. The molecule has 6 nitrogen and oxygen atoms in total. The van der Waals surface area contributed by atoms with Gasteiger partial charge in [-0.25, -0.2) is 0 Å². The third kappa shape index (κ3) is 62.3. The summed E-state index contributed by atoms with van der Waals surface area (Å²) in [6.45, 7) is 6.47. The van der Waals surface area contributed by atoms with Gasteiger partial charge in [-0.2, -0.15) is 0 Å². The fourth-order valence-corrected chi connectivity index (χ4v) is 8.41. The second-order valence-corrected chi connectivity index (χ2v) is 20.6.